The predicted molar refractivity (Wildman–Crippen MR) is 89.7 cm³/mol. The quantitative estimate of drug-likeness (QED) is 0.757. The lowest BCUT2D eigenvalue weighted by Gasteiger charge is -2.37. The zero-order valence-electron chi connectivity index (χ0n) is 13.0. The number of halogens is 3. The lowest BCUT2D eigenvalue weighted by Crippen LogP contribution is -2.40. The van der Waals surface area contributed by atoms with Crippen LogP contribution in [-0.4, -0.2) is 30.6 Å². The van der Waals surface area contributed by atoms with E-state index in [4.69, 9.17) is 4.74 Å². The monoisotopic (exact) mass is 409 g/mol. The number of nitrogens with zero attached hydrogens (tertiary/aromatic N) is 1. The average Bonchev–Trinajstić information content (AvgIpc) is 2.87. The first-order valence-corrected chi connectivity index (χ1v) is 8.61. The average molecular weight is 410 g/mol. The third kappa shape index (κ3) is 2.81. The van der Waals surface area contributed by atoms with E-state index in [-0.39, 0.29) is 17.7 Å². The van der Waals surface area contributed by atoms with Crippen LogP contribution >= 0.6 is 15.9 Å². The molecule has 25 heavy (non-hydrogen) atoms. The van der Waals surface area contributed by atoms with Crippen molar-refractivity contribution in [3.8, 4) is 5.75 Å². The molecule has 0 radical (unpaired) electrons. The van der Waals surface area contributed by atoms with E-state index in [1.54, 1.807) is 29.2 Å². The molecular formula is C18H14BrF2NO3. The van der Waals surface area contributed by atoms with Crippen LogP contribution in [0.4, 0.5) is 8.78 Å². The van der Waals surface area contributed by atoms with E-state index in [2.05, 4.69) is 20.7 Å². The lowest BCUT2D eigenvalue weighted by molar-refractivity contribution is -0.0690. The smallest absolute Gasteiger partial charge is 0.387 e. The molecule has 2 aromatic rings. The molecule has 4 rings (SSSR count). The Hall–Kier alpha value is -1.99. The largest absolute Gasteiger partial charge is 0.434 e. The molecule has 130 valence electrons. The van der Waals surface area contributed by atoms with Gasteiger partial charge in [0.15, 0.2) is 0 Å². The maximum atomic E-state index is 12.8. The molecule has 0 aliphatic carbocycles. The molecule has 7 heteroatoms. The molecule has 0 aromatic heterocycles. The van der Waals surface area contributed by atoms with Crippen molar-refractivity contribution in [2.24, 2.45) is 0 Å². The van der Waals surface area contributed by atoms with Crippen LogP contribution in [0.5, 0.6) is 5.75 Å². The van der Waals surface area contributed by atoms with Crippen molar-refractivity contribution in [1.29, 1.82) is 0 Å². The van der Waals surface area contributed by atoms with Gasteiger partial charge in [-0.25, -0.2) is 0 Å². The summed E-state index contributed by atoms with van der Waals surface area (Å²) in [6.07, 6.45) is -0.566. The maximum absolute atomic E-state index is 12.8. The van der Waals surface area contributed by atoms with Gasteiger partial charge in [0.05, 0.1) is 12.6 Å². The Kier molecular flexibility index (Phi) is 4.21. The van der Waals surface area contributed by atoms with Gasteiger partial charge in [0.2, 0.25) is 0 Å². The van der Waals surface area contributed by atoms with Crippen LogP contribution in [0.25, 0.3) is 0 Å². The van der Waals surface area contributed by atoms with Gasteiger partial charge in [0.25, 0.3) is 5.91 Å². The number of carbonyl (C=O) groups excluding carboxylic acids is 1. The Morgan fingerprint density at radius 3 is 2.80 bits per heavy atom. The molecule has 0 spiro atoms. The topological polar surface area (TPSA) is 38.8 Å². The molecule has 4 nitrogen and oxygen atoms in total. The normalized spacial score (nSPS) is 22.1. The second-order valence-electron chi connectivity index (χ2n) is 5.88. The molecule has 2 atom stereocenters. The standard InChI is InChI=1S/C18H14BrF2NO3/c19-10-5-6-11-13(9-10)15-16(24-8-7-22(15)17(11)23)12-3-1-2-4-14(12)25-18(20)21/h1-6,9,15-16,18H,7-8H2/t15-,16-/m0/s1. The van der Waals surface area contributed by atoms with Crippen LogP contribution in [0.15, 0.2) is 46.9 Å². The summed E-state index contributed by atoms with van der Waals surface area (Å²) in [5.41, 5.74) is 1.96. The minimum atomic E-state index is -2.92. The minimum absolute atomic E-state index is 0.0620. The van der Waals surface area contributed by atoms with Gasteiger partial charge in [-0.2, -0.15) is 8.78 Å². The minimum Gasteiger partial charge on any atom is -0.434 e. The second kappa shape index (κ2) is 6.38. The Morgan fingerprint density at radius 2 is 2.00 bits per heavy atom. The van der Waals surface area contributed by atoms with Crippen molar-refractivity contribution in [2.75, 3.05) is 13.2 Å². The lowest BCUT2D eigenvalue weighted by atomic mass is 9.93. The highest BCUT2D eigenvalue weighted by molar-refractivity contribution is 9.10. The Balaban J connectivity index is 1.80. The molecule has 0 saturated carbocycles. The van der Waals surface area contributed by atoms with E-state index >= 15 is 0 Å². The Morgan fingerprint density at radius 1 is 1.20 bits per heavy atom. The van der Waals surface area contributed by atoms with Crippen LogP contribution in [0.3, 0.4) is 0 Å². The summed E-state index contributed by atoms with van der Waals surface area (Å²) < 4.78 is 36.9. The maximum Gasteiger partial charge on any atom is 0.387 e. The number of para-hydroxylation sites is 1. The summed E-state index contributed by atoms with van der Waals surface area (Å²) >= 11 is 3.43. The summed E-state index contributed by atoms with van der Waals surface area (Å²) in [7, 11) is 0. The fourth-order valence-electron chi connectivity index (χ4n) is 3.54. The summed E-state index contributed by atoms with van der Waals surface area (Å²) in [6, 6.07) is 11.7. The summed E-state index contributed by atoms with van der Waals surface area (Å²) in [4.78, 5) is 14.4. The number of morpholine rings is 1. The third-order valence-corrected chi connectivity index (χ3v) is 5.01. The van der Waals surface area contributed by atoms with Crippen LogP contribution in [0.1, 0.15) is 33.6 Å². The Bertz CT molecular complexity index is 830. The van der Waals surface area contributed by atoms with Crippen LogP contribution in [0, 0.1) is 0 Å². The van der Waals surface area contributed by atoms with Gasteiger partial charge in [0, 0.05) is 22.1 Å². The zero-order chi connectivity index (χ0) is 17.6. The molecule has 0 N–H and O–H groups in total. The molecule has 2 aromatic carbocycles. The molecule has 1 saturated heterocycles. The molecule has 0 bridgehead atoms. The van der Waals surface area contributed by atoms with Gasteiger partial charge in [-0.3, -0.25) is 4.79 Å². The highest BCUT2D eigenvalue weighted by Crippen LogP contribution is 2.48. The summed E-state index contributed by atoms with van der Waals surface area (Å²) in [5, 5.41) is 0. The highest BCUT2D eigenvalue weighted by atomic mass is 79.9. The number of rotatable bonds is 3. The van der Waals surface area contributed by atoms with Gasteiger partial charge in [-0.15, -0.1) is 0 Å². The molecule has 2 aliphatic rings. The van der Waals surface area contributed by atoms with Crippen LogP contribution in [0.2, 0.25) is 0 Å². The molecule has 1 amide bonds. The van der Waals surface area contributed by atoms with E-state index in [9.17, 15) is 13.6 Å². The molecule has 0 unspecified atom stereocenters. The molecule has 1 fully saturated rings. The van der Waals surface area contributed by atoms with Gasteiger partial charge in [0.1, 0.15) is 11.9 Å². The summed E-state index contributed by atoms with van der Waals surface area (Å²) in [5.74, 6) is 0.00769. The molecule has 2 heterocycles. The molecular weight excluding hydrogens is 396 g/mol. The van der Waals surface area contributed by atoms with Gasteiger partial charge >= 0.3 is 6.61 Å². The number of fused-ring (bicyclic) bond motifs is 3. The van der Waals surface area contributed by atoms with E-state index in [0.717, 1.165) is 10.0 Å². The van der Waals surface area contributed by atoms with E-state index in [1.807, 2.05) is 12.1 Å². The van der Waals surface area contributed by atoms with Crippen molar-refractivity contribution in [3.63, 3.8) is 0 Å². The fourth-order valence-corrected chi connectivity index (χ4v) is 3.92. The number of hydrogen-bond donors (Lipinski definition) is 0. The number of alkyl halides is 2. The highest BCUT2D eigenvalue weighted by Gasteiger charge is 2.45. The summed E-state index contributed by atoms with van der Waals surface area (Å²) in [6.45, 7) is -2.12. The predicted octanol–water partition coefficient (Wildman–Crippen LogP) is 4.32. The van der Waals surface area contributed by atoms with Crippen molar-refractivity contribution < 1.29 is 23.0 Å². The second-order valence-corrected chi connectivity index (χ2v) is 6.80. The number of carbonyl (C=O) groups is 1. The molecule has 2 aliphatic heterocycles. The van der Waals surface area contributed by atoms with Crippen LogP contribution in [-0.2, 0) is 4.74 Å². The number of amides is 1. The first-order chi connectivity index (χ1) is 12.1. The number of benzene rings is 2. The van der Waals surface area contributed by atoms with Crippen molar-refractivity contribution in [3.05, 3.63) is 63.6 Å². The van der Waals surface area contributed by atoms with E-state index in [1.165, 1.54) is 6.07 Å². The van der Waals surface area contributed by atoms with Gasteiger partial charge in [-0.1, -0.05) is 34.1 Å². The van der Waals surface area contributed by atoms with Crippen molar-refractivity contribution in [2.45, 2.75) is 18.8 Å². The van der Waals surface area contributed by atoms with Crippen molar-refractivity contribution >= 4 is 21.8 Å². The van der Waals surface area contributed by atoms with E-state index < -0.39 is 12.7 Å². The number of ether oxygens (including phenoxy) is 2. The van der Waals surface area contributed by atoms with E-state index in [0.29, 0.717) is 24.3 Å². The third-order valence-electron chi connectivity index (χ3n) is 4.52. The van der Waals surface area contributed by atoms with Crippen molar-refractivity contribution in [1.82, 2.24) is 4.90 Å². The zero-order valence-corrected chi connectivity index (χ0v) is 14.6. The van der Waals surface area contributed by atoms with Crippen LogP contribution < -0.4 is 4.74 Å². The van der Waals surface area contributed by atoms with Gasteiger partial charge in [-0.05, 0) is 29.8 Å². The number of hydrogen-bond acceptors (Lipinski definition) is 3. The van der Waals surface area contributed by atoms with Gasteiger partial charge < -0.3 is 14.4 Å². The fraction of sp³-hybridized carbons (Fsp3) is 0.278. The first-order valence-electron chi connectivity index (χ1n) is 7.82. The Labute approximate surface area is 151 Å². The first kappa shape index (κ1) is 16.5. The SMILES string of the molecule is O=C1c2ccc(Br)cc2[C@H]2[C@H](c3ccccc3OC(F)F)OCCN12.